The molecule has 2 atom stereocenters. The highest BCUT2D eigenvalue weighted by atomic mass is 16.6. The van der Waals surface area contributed by atoms with Gasteiger partial charge in [-0.25, -0.2) is 9.59 Å². The summed E-state index contributed by atoms with van der Waals surface area (Å²) < 4.78 is 10.2. The van der Waals surface area contributed by atoms with Crippen LogP contribution in [0.3, 0.4) is 0 Å². The quantitative estimate of drug-likeness (QED) is 0.637. The van der Waals surface area contributed by atoms with E-state index in [1.807, 2.05) is 26.8 Å². The maximum absolute atomic E-state index is 11.9. The van der Waals surface area contributed by atoms with Gasteiger partial charge < -0.3 is 9.47 Å². The van der Waals surface area contributed by atoms with Crippen LogP contribution in [0, 0.1) is 11.8 Å². The van der Waals surface area contributed by atoms with Gasteiger partial charge in [0, 0.05) is 17.7 Å². The maximum Gasteiger partial charge on any atom is 0.411 e. The van der Waals surface area contributed by atoms with Crippen LogP contribution in [0.15, 0.2) is 23.9 Å². The molecule has 0 bridgehead atoms. The third kappa shape index (κ3) is 6.78. The van der Waals surface area contributed by atoms with Crippen molar-refractivity contribution in [2.24, 2.45) is 11.8 Å². The van der Waals surface area contributed by atoms with Gasteiger partial charge in [-0.1, -0.05) is 19.1 Å². The van der Waals surface area contributed by atoms with Crippen LogP contribution in [0.1, 0.15) is 47.5 Å². The third-order valence-electron chi connectivity index (χ3n) is 3.19. The molecule has 1 amide bonds. The van der Waals surface area contributed by atoms with Crippen molar-refractivity contribution in [1.29, 1.82) is 0 Å². The predicted octanol–water partition coefficient (Wildman–Crippen LogP) is 3.56. The summed E-state index contributed by atoms with van der Waals surface area (Å²) in [5, 5.41) is 2.81. The van der Waals surface area contributed by atoms with Gasteiger partial charge in [0.25, 0.3) is 0 Å². The molecule has 124 valence electrons. The lowest BCUT2D eigenvalue weighted by Gasteiger charge is -2.27. The number of amides is 1. The molecule has 1 aliphatic carbocycles. The number of esters is 1. The number of carbonyl (C=O) groups is 2. The van der Waals surface area contributed by atoms with E-state index in [9.17, 15) is 9.59 Å². The topological polar surface area (TPSA) is 64.6 Å². The van der Waals surface area contributed by atoms with Crippen molar-refractivity contribution in [3.63, 3.8) is 0 Å². The van der Waals surface area contributed by atoms with E-state index in [0.717, 1.165) is 18.5 Å². The van der Waals surface area contributed by atoms with Crippen LogP contribution < -0.4 is 5.32 Å². The van der Waals surface area contributed by atoms with Crippen LogP contribution in [0.2, 0.25) is 0 Å². The Hall–Kier alpha value is -1.78. The lowest BCUT2D eigenvalue weighted by Crippen LogP contribution is -2.35. The number of allylic oxidation sites excluding steroid dienone is 2. The first-order valence-corrected chi connectivity index (χ1v) is 7.78. The smallest absolute Gasteiger partial charge is 0.411 e. The van der Waals surface area contributed by atoms with Gasteiger partial charge in [0.05, 0.1) is 6.61 Å². The summed E-state index contributed by atoms with van der Waals surface area (Å²) in [5.41, 5.74) is 0.245. The van der Waals surface area contributed by atoms with Crippen LogP contribution >= 0.6 is 0 Å². The van der Waals surface area contributed by atoms with Crippen LogP contribution in [0.25, 0.3) is 0 Å². The highest BCUT2D eigenvalue weighted by molar-refractivity contribution is 5.82. The summed E-state index contributed by atoms with van der Waals surface area (Å²) >= 11 is 0. The molecule has 5 nitrogen and oxygen atoms in total. The zero-order valence-corrected chi connectivity index (χ0v) is 14.1. The Morgan fingerprint density at radius 2 is 2.05 bits per heavy atom. The molecular formula is C17H27NO4. The molecule has 1 rings (SSSR count). The van der Waals surface area contributed by atoms with E-state index in [1.165, 1.54) is 6.08 Å². The molecule has 0 aromatic heterocycles. The molecule has 1 N–H and O–H groups in total. The Bertz CT molecular complexity index is 460. The van der Waals surface area contributed by atoms with E-state index in [4.69, 9.17) is 9.47 Å². The fraction of sp³-hybridized carbons (Fsp3) is 0.647. The van der Waals surface area contributed by atoms with Gasteiger partial charge in [-0.15, -0.1) is 0 Å². The van der Waals surface area contributed by atoms with Crippen molar-refractivity contribution in [3.05, 3.63) is 23.9 Å². The molecule has 0 radical (unpaired) electrons. The fourth-order valence-electron chi connectivity index (χ4n) is 2.25. The van der Waals surface area contributed by atoms with Gasteiger partial charge in [0.2, 0.25) is 0 Å². The first-order valence-electron chi connectivity index (χ1n) is 7.78. The lowest BCUT2D eigenvalue weighted by atomic mass is 9.86. The van der Waals surface area contributed by atoms with Crippen LogP contribution in [0.5, 0.6) is 0 Å². The third-order valence-corrected chi connectivity index (χ3v) is 3.19. The lowest BCUT2D eigenvalue weighted by molar-refractivity contribution is -0.137. The highest BCUT2D eigenvalue weighted by Crippen LogP contribution is 2.28. The molecule has 1 aliphatic rings. The number of ether oxygens (including phenoxy) is 2. The normalized spacial score (nSPS) is 22.1. The number of hydrogen-bond acceptors (Lipinski definition) is 4. The van der Waals surface area contributed by atoms with Crippen LogP contribution in [-0.4, -0.2) is 24.3 Å². The summed E-state index contributed by atoms with van der Waals surface area (Å²) in [6.07, 6.45) is 6.65. The molecule has 0 heterocycles. The van der Waals surface area contributed by atoms with Crippen molar-refractivity contribution in [2.75, 3.05) is 6.61 Å². The molecule has 0 aliphatic heterocycles. The molecule has 5 heteroatoms. The molecule has 0 fully saturated rings. The Morgan fingerprint density at radius 1 is 1.36 bits per heavy atom. The van der Waals surface area contributed by atoms with E-state index in [2.05, 4.69) is 12.2 Å². The molecule has 0 spiro atoms. The first kappa shape index (κ1) is 18.3. The number of rotatable bonds is 4. The summed E-state index contributed by atoms with van der Waals surface area (Å²) in [6, 6.07) is 0. The predicted molar refractivity (Wildman–Crippen MR) is 85.1 cm³/mol. The van der Waals surface area contributed by atoms with E-state index >= 15 is 0 Å². The average molecular weight is 309 g/mol. The number of carbonyl (C=O) groups excluding carboxylic acids is 2. The largest absolute Gasteiger partial charge is 0.463 e. The van der Waals surface area contributed by atoms with Gasteiger partial charge in [-0.3, -0.25) is 5.32 Å². The van der Waals surface area contributed by atoms with E-state index in [-0.39, 0.29) is 11.9 Å². The zero-order chi connectivity index (χ0) is 16.8. The van der Waals surface area contributed by atoms with Crippen molar-refractivity contribution < 1.29 is 19.1 Å². The molecule has 0 aromatic carbocycles. The van der Waals surface area contributed by atoms with Crippen molar-refractivity contribution in [2.45, 2.75) is 53.1 Å². The molecule has 0 saturated heterocycles. The second-order valence-corrected chi connectivity index (χ2v) is 6.52. The Labute approximate surface area is 132 Å². The summed E-state index contributed by atoms with van der Waals surface area (Å²) in [7, 11) is 0. The number of hydrogen-bond donors (Lipinski definition) is 1. The minimum absolute atomic E-state index is 0.00637. The number of nitrogens with one attached hydrogen (secondary N) is 1. The van der Waals surface area contributed by atoms with Gasteiger partial charge in [0.1, 0.15) is 5.60 Å². The van der Waals surface area contributed by atoms with E-state index in [0.29, 0.717) is 12.5 Å². The second kappa shape index (κ2) is 8.01. The first-order chi connectivity index (χ1) is 10.2. The molecule has 0 aromatic rings. The number of alkyl carbamates (subject to hydrolysis) is 1. The minimum Gasteiger partial charge on any atom is -0.463 e. The average Bonchev–Trinajstić information content (AvgIpc) is 2.35. The van der Waals surface area contributed by atoms with Crippen molar-refractivity contribution >= 4 is 12.1 Å². The summed E-state index contributed by atoms with van der Waals surface area (Å²) in [5.74, 6) is 0.0167. The molecule has 0 saturated carbocycles. The van der Waals surface area contributed by atoms with Crippen LogP contribution in [-0.2, 0) is 14.3 Å². The van der Waals surface area contributed by atoms with Crippen molar-refractivity contribution in [3.8, 4) is 0 Å². The SMILES string of the molecule is CCOC(=O)C=C[C@@H]1CC[C@@H](C)C=C1NC(=O)OC(C)(C)C. The Balaban J connectivity index is 2.74. The van der Waals surface area contributed by atoms with Crippen LogP contribution in [0.4, 0.5) is 4.79 Å². The molecule has 0 unspecified atom stereocenters. The minimum atomic E-state index is -0.540. The maximum atomic E-state index is 11.9. The molecule has 22 heavy (non-hydrogen) atoms. The Kier molecular flexibility index (Phi) is 6.65. The Morgan fingerprint density at radius 3 is 2.64 bits per heavy atom. The second-order valence-electron chi connectivity index (χ2n) is 6.52. The summed E-state index contributed by atoms with van der Waals surface area (Å²) in [4.78, 5) is 23.4. The standard InChI is InChI=1S/C17H27NO4/c1-6-21-15(19)10-9-13-8-7-12(2)11-14(13)18-16(20)22-17(3,4)5/h9-13H,6-8H2,1-5H3,(H,18,20)/t12-,13+/m1/s1. The van der Waals surface area contributed by atoms with E-state index in [1.54, 1.807) is 13.0 Å². The van der Waals surface area contributed by atoms with Crippen molar-refractivity contribution in [1.82, 2.24) is 5.32 Å². The van der Waals surface area contributed by atoms with Gasteiger partial charge in [-0.05, 0) is 46.5 Å². The highest BCUT2D eigenvalue weighted by Gasteiger charge is 2.23. The van der Waals surface area contributed by atoms with Gasteiger partial charge in [-0.2, -0.15) is 0 Å². The fourth-order valence-corrected chi connectivity index (χ4v) is 2.25. The van der Waals surface area contributed by atoms with Gasteiger partial charge in [0.15, 0.2) is 0 Å². The monoisotopic (exact) mass is 309 g/mol. The van der Waals surface area contributed by atoms with Gasteiger partial charge >= 0.3 is 12.1 Å². The van der Waals surface area contributed by atoms with E-state index < -0.39 is 11.7 Å². The summed E-state index contributed by atoms with van der Waals surface area (Å²) in [6.45, 7) is 9.68. The zero-order valence-electron chi connectivity index (χ0n) is 14.1. The molecular weight excluding hydrogens is 282 g/mol.